The fourth-order valence-electron chi connectivity index (χ4n) is 6.86. The number of aliphatic imine (C=N–C) groups is 1. The van der Waals surface area contributed by atoms with Crippen LogP contribution in [0.2, 0.25) is 0 Å². The SMILES string of the molecule is COCCOCC(COCCOC)OC1=C/C(=C(\C(=O)Oc2c(C)cc(C(=O)NCCOCCOCCN)cc2C)c2cc(OC(COCCOC)COCCOC)ccc2C)C(=NCCCS(=O)(=O)O)C=C1. The molecule has 73 heavy (non-hydrogen) atoms. The summed E-state index contributed by atoms with van der Waals surface area (Å²) in [6.07, 6.45) is 3.71. The van der Waals surface area contributed by atoms with Crippen LogP contribution < -0.4 is 20.5 Å². The van der Waals surface area contributed by atoms with Gasteiger partial charge in [0.05, 0.1) is 123 Å². The molecule has 2 aromatic carbocycles. The number of carbonyl (C=O) groups is 2. The molecule has 0 radical (unpaired) electrons. The van der Waals surface area contributed by atoms with Crippen LogP contribution in [0.1, 0.15) is 39.0 Å². The predicted molar refractivity (Wildman–Crippen MR) is 273 cm³/mol. The molecule has 0 saturated carbocycles. The standard InChI is InChI=1S/C51H77N3O18S/c1-37-9-10-41(70-43(33-66-22-18-60-4)34-67-23-19-61-5)31-45(37)48(51(56)72-49-38(2)29-40(30-39(49)3)50(55)54-15-17-65-27-26-64-16-13-52)46-32-42(11-12-47(46)53-14-8-28-73(57,58)59)71-44(35-68-24-20-62-6)36-69-25-21-63-7/h9-12,29-32,43-44H,8,13-28,33-36,52H2,1-7H3,(H,54,55)(H,57,58,59)/b48-46+,53-47?. The van der Waals surface area contributed by atoms with Crippen molar-refractivity contribution in [2.24, 2.45) is 10.7 Å². The van der Waals surface area contributed by atoms with Crippen LogP contribution >= 0.6 is 0 Å². The number of aryl methyl sites for hydroxylation is 3. The van der Waals surface area contributed by atoms with Gasteiger partial charge >= 0.3 is 5.97 Å². The monoisotopic (exact) mass is 1050 g/mol. The fraction of sp³-hybridized carbons (Fsp3) is 0.588. The Bertz CT molecular complexity index is 2150. The quantitative estimate of drug-likeness (QED) is 0.0283. The number of allylic oxidation sites excluding steroid dienone is 4. The van der Waals surface area contributed by atoms with E-state index in [0.717, 1.165) is 0 Å². The minimum absolute atomic E-state index is 0.0197. The normalized spacial score (nSPS) is 14.0. The summed E-state index contributed by atoms with van der Waals surface area (Å²) in [5.74, 6) is -0.779. The van der Waals surface area contributed by atoms with E-state index >= 15 is 4.79 Å². The van der Waals surface area contributed by atoms with Gasteiger partial charge in [-0.1, -0.05) is 6.07 Å². The summed E-state index contributed by atoms with van der Waals surface area (Å²) in [6, 6.07) is 8.52. The van der Waals surface area contributed by atoms with Gasteiger partial charge in [-0.05, 0) is 91.9 Å². The van der Waals surface area contributed by atoms with E-state index in [0.29, 0.717) is 119 Å². The van der Waals surface area contributed by atoms with Crippen molar-refractivity contribution in [2.45, 2.75) is 39.4 Å². The number of hydrogen-bond acceptors (Lipinski definition) is 19. The lowest BCUT2D eigenvalue weighted by molar-refractivity contribution is -0.128. The lowest BCUT2D eigenvalue weighted by atomic mass is 9.90. The van der Waals surface area contributed by atoms with E-state index in [1.54, 1.807) is 90.8 Å². The summed E-state index contributed by atoms with van der Waals surface area (Å²) in [7, 11) is 2.01. The van der Waals surface area contributed by atoms with E-state index < -0.39 is 34.0 Å². The van der Waals surface area contributed by atoms with Crippen molar-refractivity contribution in [2.75, 3.05) is 160 Å². The maximum atomic E-state index is 15.2. The van der Waals surface area contributed by atoms with Gasteiger partial charge in [-0.25, -0.2) is 4.79 Å². The van der Waals surface area contributed by atoms with Crippen LogP contribution in [-0.2, 0) is 67.0 Å². The maximum Gasteiger partial charge on any atom is 0.344 e. The Morgan fingerprint density at radius 3 is 1.74 bits per heavy atom. The average molecular weight is 1050 g/mol. The first-order valence-corrected chi connectivity index (χ1v) is 25.7. The number of ether oxygens (including phenoxy) is 13. The Morgan fingerprint density at radius 1 is 0.671 bits per heavy atom. The van der Waals surface area contributed by atoms with Gasteiger partial charge in [-0.3, -0.25) is 14.3 Å². The summed E-state index contributed by atoms with van der Waals surface area (Å²) >= 11 is 0. The highest BCUT2D eigenvalue weighted by Gasteiger charge is 2.28. The third kappa shape index (κ3) is 25.0. The highest BCUT2D eigenvalue weighted by atomic mass is 32.2. The molecule has 1 aliphatic rings. The molecule has 3 rings (SSSR count). The van der Waals surface area contributed by atoms with E-state index in [-0.39, 0.29) is 81.1 Å². The zero-order valence-corrected chi connectivity index (χ0v) is 44.3. The second-order valence-electron chi connectivity index (χ2n) is 16.4. The second kappa shape index (κ2) is 36.3. The Kier molecular flexibility index (Phi) is 31.2. The molecule has 1 aliphatic carbocycles. The zero-order chi connectivity index (χ0) is 53.3. The molecule has 21 nitrogen and oxygen atoms in total. The molecule has 2 aromatic rings. The number of benzene rings is 2. The number of amides is 1. The number of nitrogens with two attached hydrogens (primary N) is 1. The van der Waals surface area contributed by atoms with Crippen LogP contribution in [0.4, 0.5) is 0 Å². The first kappa shape index (κ1) is 62.6. The van der Waals surface area contributed by atoms with Crippen molar-refractivity contribution < 1.29 is 84.1 Å². The highest BCUT2D eigenvalue weighted by molar-refractivity contribution is 7.85. The summed E-state index contributed by atoms with van der Waals surface area (Å²) < 4.78 is 107. The molecule has 0 aliphatic heterocycles. The third-order valence-corrected chi connectivity index (χ3v) is 11.2. The van der Waals surface area contributed by atoms with E-state index in [2.05, 4.69) is 5.32 Å². The van der Waals surface area contributed by atoms with Crippen LogP contribution in [0.5, 0.6) is 11.5 Å². The van der Waals surface area contributed by atoms with Crippen LogP contribution in [-0.4, -0.2) is 202 Å². The Labute approximate surface area is 430 Å². The van der Waals surface area contributed by atoms with E-state index in [4.69, 9.17) is 72.3 Å². The van der Waals surface area contributed by atoms with Gasteiger partial charge in [0, 0.05) is 59.2 Å². The lowest BCUT2D eigenvalue weighted by Crippen LogP contribution is -2.30. The molecule has 0 bridgehead atoms. The Hall–Kier alpha value is -4.66. The molecule has 22 heteroatoms. The van der Waals surface area contributed by atoms with Crippen LogP contribution in [0, 0.1) is 20.8 Å². The average Bonchev–Trinajstić information content (AvgIpc) is 3.36. The summed E-state index contributed by atoms with van der Waals surface area (Å²) in [5, 5.41) is 2.85. The predicted octanol–water partition coefficient (Wildman–Crippen LogP) is 3.65. The number of nitrogens with zero attached hydrogens (tertiary/aromatic N) is 1. The van der Waals surface area contributed by atoms with Crippen molar-refractivity contribution in [1.82, 2.24) is 5.32 Å². The molecule has 0 aromatic heterocycles. The second-order valence-corrected chi connectivity index (χ2v) is 18.0. The van der Waals surface area contributed by atoms with Crippen molar-refractivity contribution in [3.8, 4) is 11.5 Å². The van der Waals surface area contributed by atoms with Gasteiger partial charge in [0.2, 0.25) is 0 Å². The topological polar surface area (TPSA) is 259 Å². The molecule has 410 valence electrons. The minimum Gasteiger partial charge on any atom is -0.486 e. The number of hydrogen-bond donors (Lipinski definition) is 3. The summed E-state index contributed by atoms with van der Waals surface area (Å²) in [5.41, 5.74) is 8.44. The van der Waals surface area contributed by atoms with Crippen molar-refractivity contribution >= 4 is 33.3 Å². The highest BCUT2D eigenvalue weighted by Crippen LogP contribution is 2.34. The molecule has 0 heterocycles. The van der Waals surface area contributed by atoms with Gasteiger partial charge in [0.15, 0.2) is 0 Å². The van der Waals surface area contributed by atoms with Gasteiger partial charge in [0.25, 0.3) is 16.0 Å². The molecular weight excluding hydrogens is 975 g/mol. The van der Waals surface area contributed by atoms with Crippen molar-refractivity contribution in [3.63, 3.8) is 0 Å². The van der Waals surface area contributed by atoms with Crippen LogP contribution in [0.15, 0.2) is 64.9 Å². The molecule has 0 saturated heterocycles. The largest absolute Gasteiger partial charge is 0.486 e. The smallest absolute Gasteiger partial charge is 0.344 e. The van der Waals surface area contributed by atoms with Crippen LogP contribution in [0.25, 0.3) is 5.57 Å². The van der Waals surface area contributed by atoms with Crippen LogP contribution in [0.3, 0.4) is 0 Å². The van der Waals surface area contributed by atoms with Gasteiger partial charge < -0.3 is 72.6 Å². The molecule has 4 N–H and O–H groups in total. The van der Waals surface area contributed by atoms with Crippen molar-refractivity contribution in [3.05, 3.63) is 87.7 Å². The van der Waals surface area contributed by atoms with E-state index in [1.807, 2.05) is 6.92 Å². The molecular formula is C51H77N3O18S. The van der Waals surface area contributed by atoms with E-state index in [1.165, 1.54) is 0 Å². The van der Waals surface area contributed by atoms with E-state index in [9.17, 15) is 17.8 Å². The number of methoxy groups -OCH3 is 4. The molecule has 0 fully saturated rings. The Balaban J connectivity index is 2.20. The van der Waals surface area contributed by atoms with Gasteiger partial charge in [-0.15, -0.1) is 0 Å². The van der Waals surface area contributed by atoms with Crippen molar-refractivity contribution in [1.29, 1.82) is 0 Å². The first-order valence-electron chi connectivity index (χ1n) is 24.1. The Morgan fingerprint density at radius 2 is 1.21 bits per heavy atom. The number of carbonyl (C=O) groups excluding carboxylic acids is 2. The number of nitrogens with one attached hydrogen (secondary N) is 1. The number of rotatable bonds is 40. The molecule has 1 amide bonds. The molecule has 0 spiro atoms. The minimum atomic E-state index is -4.29. The van der Waals surface area contributed by atoms with Gasteiger partial charge in [-0.2, -0.15) is 8.42 Å². The molecule has 0 atom stereocenters. The number of esters is 1. The fourth-order valence-corrected chi connectivity index (χ4v) is 7.35. The molecule has 0 unspecified atom stereocenters. The third-order valence-electron chi connectivity index (χ3n) is 10.4. The zero-order valence-electron chi connectivity index (χ0n) is 43.4. The first-order chi connectivity index (χ1) is 35.2. The maximum absolute atomic E-state index is 15.2. The lowest BCUT2D eigenvalue weighted by Gasteiger charge is -2.24. The van der Waals surface area contributed by atoms with Gasteiger partial charge in [0.1, 0.15) is 29.5 Å². The summed E-state index contributed by atoms with van der Waals surface area (Å²) in [4.78, 5) is 33.3. The summed E-state index contributed by atoms with van der Waals surface area (Å²) in [6.45, 7) is 10.6.